The first-order valence-corrected chi connectivity index (χ1v) is 9.53. The number of benzene rings is 1. The van der Waals surface area contributed by atoms with Crippen molar-refractivity contribution in [2.24, 2.45) is 0 Å². The molecule has 0 aliphatic carbocycles. The Bertz CT molecular complexity index is 333. The van der Waals surface area contributed by atoms with Crippen molar-refractivity contribution in [3.8, 4) is 0 Å². The molecule has 0 N–H and O–H groups in total. The molecule has 0 heterocycles. The predicted molar refractivity (Wildman–Crippen MR) is 89.4 cm³/mol. The molecule has 0 saturated heterocycles. The van der Waals surface area contributed by atoms with Crippen LogP contribution in [0.15, 0.2) is 30.3 Å². The SMILES string of the molecule is CCN(CC)[P+](CC)(c1ccccc1)N(CC)CC. The zero-order valence-corrected chi connectivity index (χ0v) is 14.2. The molecular weight excluding hydrogens is 251 g/mol. The summed E-state index contributed by atoms with van der Waals surface area (Å²) < 4.78 is 5.41. The average molecular weight is 281 g/mol. The standard InChI is InChI=1S/C16H30N2P/c1-6-17(7-2)19(10-5,18(8-3)9-4)16-14-12-11-13-15-16/h11-15H,6-10H2,1-5H3/q+1. The minimum Gasteiger partial charge on any atom is -0.160 e. The molecule has 0 atom stereocenters. The maximum atomic E-state index is 2.70. The van der Waals surface area contributed by atoms with E-state index in [1.807, 2.05) is 0 Å². The average Bonchev–Trinajstić information content (AvgIpc) is 2.48. The van der Waals surface area contributed by atoms with Crippen LogP contribution >= 0.6 is 7.56 Å². The molecule has 0 aliphatic rings. The highest BCUT2D eigenvalue weighted by molar-refractivity contribution is 7.78. The van der Waals surface area contributed by atoms with Gasteiger partial charge in [-0.15, -0.1) is 0 Å². The summed E-state index contributed by atoms with van der Waals surface area (Å²) in [6, 6.07) is 11.2. The van der Waals surface area contributed by atoms with Crippen LogP contribution in [0.25, 0.3) is 0 Å². The molecule has 0 aromatic heterocycles. The van der Waals surface area contributed by atoms with E-state index in [9.17, 15) is 0 Å². The van der Waals surface area contributed by atoms with Crippen molar-refractivity contribution in [3.63, 3.8) is 0 Å². The minimum atomic E-state index is -1.38. The highest BCUT2D eigenvalue weighted by Crippen LogP contribution is 2.62. The van der Waals surface area contributed by atoms with E-state index in [0.717, 1.165) is 26.2 Å². The fourth-order valence-electron chi connectivity index (χ4n) is 3.14. The molecule has 0 spiro atoms. The second kappa shape index (κ2) is 7.99. The molecule has 0 aliphatic heterocycles. The maximum absolute atomic E-state index is 2.70. The van der Waals surface area contributed by atoms with Gasteiger partial charge in [0.25, 0.3) is 0 Å². The van der Waals surface area contributed by atoms with Gasteiger partial charge in [0.05, 0.1) is 6.16 Å². The van der Waals surface area contributed by atoms with Crippen LogP contribution in [0.2, 0.25) is 0 Å². The van der Waals surface area contributed by atoms with E-state index in [2.05, 4.69) is 74.3 Å². The smallest absolute Gasteiger partial charge is 0.160 e. The molecule has 0 bridgehead atoms. The van der Waals surface area contributed by atoms with Gasteiger partial charge in [-0.2, -0.15) is 9.34 Å². The first-order valence-electron chi connectivity index (χ1n) is 7.65. The Morgan fingerprint density at radius 1 is 0.737 bits per heavy atom. The molecule has 0 radical (unpaired) electrons. The summed E-state index contributed by atoms with van der Waals surface area (Å²) in [4.78, 5) is 0. The Balaban J connectivity index is 3.36. The van der Waals surface area contributed by atoms with Crippen LogP contribution in [0.1, 0.15) is 34.6 Å². The second-order valence-corrected chi connectivity index (χ2v) is 8.40. The second-order valence-electron chi connectivity index (χ2n) is 4.66. The maximum Gasteiger partial charge on any atom is 0.185 e. The highest BCUT2D eigenvalue weighted by Gasteiger charge is 2.48. The van der Waals surface area contributed by atoms with Gasteiger partial charge in [0, 0.05) is 26.2 Å². The molecule has 1 rings (SSSR count). The van der Waals surface area contributed by atoms with Crippen molar-refractivity contribution < 1.29 is 0 Å². The lowest BCUT2D eigenvalue weighted by molar-refractivity contribution is 0.413. The van der Waals surface area contributed by atoms with Crippen LogP contribution in [0.4, 0.5) is 0 Å². The quantitative estimate of drug-likeness (QED) is 0.668. The van der Waals surface area contributed by atoms with E-state index in [1.165, 1.54) is 11.5 Å². The number of hydrogen-bond acceptors (Lipinski definition) is 2. The van der Waals surface area contributed by atoms with Gasteiger partial charge < -0.3 is 0 Å². The van der Waals surface area contributed by atoms with Gasteiger partial charge in [0.1, 0.15) is 5.30 Å². The first kappa shape index (κ1) is 16.6. The van der Waals surface area contributed by atoms with Crippen molar-refractivity contribution in [3.05, 3.63) is 30.3 Å². The zero-order chi connectivity index (χ0) is 14.3. The third-order valence-electron chi connectivity index (χ3n) is 4.01. The first-order chi connectivity index (χ1) is 9.20. The highest BCUT2D eigenvalue weighted by atomic mass is 31.2. The third kappa shape index (κ3) is 3.18. The van der Waals surface area contributed by atoms with Gasteiger partial charge in [-0.25, -0.2) is 0 Å². The van der Waals surface area contributed by atoms with E-state index in [0.29, 0.717) is 0 Å². The van der Waals surface area contributed by atoms with Gasteiger partial charge in [-0.05, 0) is 46.8 Å². The third-order valence-corrected chi connectivity index (χ3v) is 9.02. The van der Waals surface area contributed by atoms with Gasteiger partial charge in [-0.3, -0.25) is 0 Å². The summed E-state index contributed by atoms with van der Waals surface area (Å²) in [6.07, 6.45) is 1.22. The van der Waals surface area contributed by atoms with E-state index < -0.39 is 7.56 Å². The summed E-state index contributed by atoms with van der Waals surface area (Å²) in [7, 11) is -1.38. The zero-order valence-electron chi connectivity index (χ0n) is 13.3. The molecule has 19 heavy (non-hydrogen) atoms. The van der Waals surface area contributed by atoms with Crippen LogP contribution in [0.3, 0.4) is 0 Å². The lowest BCUT2D eigenvalue weighted by Gasteiger charge is -2.41. The fourth-order valence-corrected chi connectivity index (χ4v) is 7.84. The van der Waals surface area contributed by atoms with Gasteiger partial charge in [0.15, 0.2) is 7.56 Å². The van der Waals surface area contributed by atoms with Crippen molar-refractivity contribution in [2.75, 3.05) is 32.3 Å². The monoisotopic (exact) mass is 281 g/mol. The minimum absolute atomic E-state index is 1.13. The van der Waals surface area contributed by atoms with E-state index in [4.69, 9.17) is 0 Å². The summed E-state index contributed by atoms with van der Waals surface area (Å²) in [5.41, 5.74) is 0. The van der Waals surface area contributed by atoms with E-state index in [1.54, 1.807) is 0 Å². The normalized spacial score (nSPS) is 12.4. The number of nitrogens with zero attached hydrogens (tertiary/aromatic N) is 2. The molecule has 108 valence electrons. The number of hydrogen-bond donors (Lipinski definition) is 0. The van der Waals surface area contributed by atoms with Gasteiger partial charge in [0.2, 0.25) is 0 Å². The Labute approximate surface area is 120 Å². The molecule has 0 amide bonds. The molecule has 1 aromatic rings. The largest absolute Gasteiger partial charge is 0.185 e. The summed E-state index contributed by atoms with van der Waals surface area (Å²) in [5.74, 6) is 0. The van der Waals surface area contributed by atoms with Gasteiger partial charge >= 0.3 is 0 Å². The van der Waals surface area contributed by atoms with Crippen LogP contribution in [0, 0.1) is 0 Å². The Morgan fingerprint density at radius 3 is 1.47 bits per heavy atom. The van der Waals surface area contributed by atoms with Crippen LogP contribution < -0.4 is 5.30 Å². The summed E-state index contributed by atoms with van der Waals surface area (Å²) in [5, 5.41) is 1.53. The fraction of sp³-hybridized carbons (Fsp3) is 0.625. The molecule has 1 aromatic carbocycles. The van der Waals surface area contributed by atoms with Crippen LogP contribution in [-0.2, 0) is 0 Å². The summed E-state index contributed by atoms with van der Waals surface area (Å²) in [6.45, 7) is 16.0. The Kier molecular flexibility index (Phi) is 6.99. The Morgan fingerprint density at radius 2 is 1.16 bits per heavy atom. The molecule has 2 nitrogen and oxygen atoms in total. The Hall–Kier alpha value is -0.430. The van der Waals surface area contributed by atoms with Crippen molar-refractivity contribution in [1.29, 1.82) is 0 Å². The van der Waals surface area contributed by atoms with Crippen molar-refractivity contribution in [2.45, 2.75) is 34.6 Å². The van der Waals surface area contributed by atoms with Crippen molar-refractivity contribution >= 4 is 12.9 Å². The lowest BCUT2D eigenvalue weighted by Crippen LogP contribution is -2.42. The molecule has 0 fully saturated rings. The predicted octanol–water partition coefficient (Wildman–Crippen LogP) is 3.86. The molecule has 0 unspecified atom stereocenters. The molecule has 0 saturated carbocycles. The van der Waals surface area contributed by atoms with Gasteiger partial charge in [-0.1, -0.05) is 18.2 Å². The van der Waals surface area contributed by atoms with Crippen LogP contribution in [0.5, 0.6) is 0 Å². The lowest BCUT2D eigenvalue weighted by atomic mass is 10.4. The van der Waals surface area contributed by atoms with E-state index >= 15 is 0 Å². The summed E-state index contributed by atoms with van der Waals surface area (Å²) >= 11 is 0. The van der Waals surface area contributed by atoms with Crippen molar-refractivity contribution in [1.82, 2.24) is 9.34 Å². The topological polar surface area (TPSA) is 6.48 Å². The van der Waals surface area contributed by atoms with Crippen LogP contribution in [-0.4, -0.2) is 41.7 Å². The molecule has 3 heteroatoms. The van der Waals surface area contributed by atoms with E-state index in [-0.39, 0.29) is 0 Å². The number of rotatable bonds is 8. The molecular formula is C16H30N2P+.